The molecule has 2 N–H and O–H groups in total. The summed E-state index contributed by atoms with van der Waals surface area (Å²) < 4.78 is 0. The van der Waals surface area contributed by atoms with E-state index in [1.165, 1.54) is 50.5 Å². The van der Waals surface area contributed by atoms with E-state index in [4.69, 9.17) is 12.2 Å². The molecule has 5 rings (SSSR count). The summed E-state index contributed by atoms with van der Waals surface area (Å²) in [5, 5.41) is 7.95. The van der Waals surface area contributed by atoms with Gasteiger partial charge < -0.3 is 10.6 Å². The molecule has 24 heavy (non-hydrogen) atoms. The summed E-state index contributed by atoms with van der Waals surface area (Å²) in [6.45, 7) is 4.45. The Balaban J connectivity index is 1.46. The van der Waals surface area contributed by atoms with Crippen LogP contribution in [0.15, 0.2) is 24.3 Å². The Labute approximate surface area is 151 Å². The van der Waals surface area contributed by atoms with Crippen molar-refractivity contribution in [2.75, 3.05) is 5.32 Å². The summed E-state index contributed by atoms with van der Waals surface area (Å²) in [7, 11) is 0. The molecule has 1 unspecified atom stereocenters. The van der Waals surface area contributed by atoms with Crippen LogP contribution in [0.2, 0.25) is 0 Å². The molecule has 2 nitrogen and oxygen atoms in total. The van der Waals surface area contributed by atoms with Crippen LogP contribution in [-0.4, -0.2) is 11.2 Å². The van der Waals surface area contributed by atoms with Gasteiger partial charge in [-0.1, -0.05) is 25.1 Å². The van der Waals surface area contributed by atoms with Crippen molar-refractivity contribution in [3.8, 4) is 0 Å². The van der Waals surface area contributed by atoms with Crippen molar-refractivity contribution in [1.29, 1.82) is 0 Å². The van der Waals surface area contributed by atoms with Gasteiger partial charge in [0.25, 0.3) is 0 Å². The predicted molar refractivity (Wildman–Crippen MR) is 105 cm³/mol. The van der Waals surface area contributed by atoms with Crippen molar-refractivity contribution in [3.05, 3.63) is 29.8 Å². The first-order valence-corrected chi connectivity index (χ1v) is 10.1. The van der Waals surface area contributed by atoms with E-state index in [0.717, 1.165) is 28.6 Å². The lowest BCUT2D eigenvalue weighted by Crippen LogP contribution is -2.57. The van der Waals surface area contributed by atoms with Crippen molar-refractivity contribution >= 4 is 23.0 Å². The standard InChI is InChI=1S/C21H30N2S/c1-3-19(23-20(24)22-18-7-5-4-6-14(18)2)21-11-15-8-16(12-21)10-17(9-15)13-21/h4-7,15-17,19H,3,8-13H2,1-2H3,(H2,22,23,24). The Morgan fingerprint density at radius 1 is 1.12 bits per heavy atom. The Morgan fingerprint density at radius 3 is 2.25 bits per heavy atom. The normalized spacial score (nSPS) is 34.8. The summed E-state index contributed by atoms with van der Waals surface area (Å²) in [5.74, 6) is 2.97. The molecule has 4 bridgehead atoms. The number of anilines is 1. The molecular weight excluding hydrogens is 312 g/mol. The highest BCUT2D eigenvalue weighted by Crippen LogP contribution is 2.61. The fraction of sp³-hybridized carbons (Fsp3) is 0.667. The number of aryl methyl sites for hydroxylation is 1. The first-order valence-electron chi connectivity index (χ1n) is 9.71. The third-order valence-electron chi connectivity index (χ3n) is 6.93. The molecule has 0 spiro atoms. The molecule has 1 aromatic rings. The molecule has 0 radical (unpaired) electrons. The van der Waals surface area contributed by atoms with E-state index in [-0.39, 0.29) is 0 Å². The number of hydrogen-bond donors (Lipinski definition) is 2. The average molecular weight is 343 g/mol. The van der Waals surface area contributed by atoms with Gasteiger partial charge in [-0.2, -0.15) is 0 Å². The predicted octanol–water partition coefficient (Wildman–Crippen LogP) is 5.28. The second-order valence-electron chi connectivity index (χ2n) is 8.65. The molecule has 0 saturated heterocycles. The van der Waals surface area contributed by atoms with Crippen molar-refractivity contribution in [2.45, 2.75) is 64.8 Å². The van der Waals surface area contributed by atoms with E-state index in [1.54, 1.807) is 0 Å². The number of hydrogen-bond acceptors (Lipinski definition) is 1. The lowest BCUT2D eigenvalue weighted by Gasteiger charge is -2.59. The number of rotatable bonds is 4. The third-order valence-corrected chi connectivity index (χ3v) is 7.15. The topological polar surface area (TPSA) is 24.1 Å². The zero-order valence-electron chi connectivity index (χ0n) is 15.0. The zero-order valence-corrected chi connectivity index (χ0v) is 15.8. The van der Waals surface area contributed by atoms with Gasteiger partial charge in [0.1, 0.15) is 0 Å². The number of para-hydroxylation sites is 1. The smallest absolute Gasteiger partial charge is 0.171 e. The third kappa shape index (κ3) is 2.96. The van der Waals surface area contributed by atoms with Crippen molar-refractivity contribution < 1.29 is 0 Å². The summed E-state index contributed by atoms with van der Waals surface area (Å²) in [5.41, 5.74) is 2.86. The van der Waals surface area contributed by atoms with Crippen LogP contribution in [0.5, 0.6) is 0 Å². The van der Waals surface area contributed by atoms with Gasteiger partial charge >= 0.3 is 0 Å². The monoisotopic (exact) mass is 342 g/mol. The van der Waals surface area contributed by atoms with Gasteiger partial charge in [0, 0.05) is 11.7 Å². The van der Waals surface area contributed by atoms with Crippen LogP contribution in [0.4, 0.5) is 5.69 Å². The van der Waals surface area contributed by atoms with Crippen molar-refractivity contribution in [2.24, 2.45) is 23.2 Å². The fourth-order valence-corrected chi connectivity index (χ4v) is 6.57. The molecule has 4 saturated carbocycles. The van der Waals surface area contributed by atoms with Crippen LogP contribution < -0.4 is 10.6 Å². The number of benzene rings is 1. The van der Waals surface area contributed by atoms with Gasteiger partial charge in [0.15, 0.2) is 5.11 Å². The minimum atomic E-state index is 0.501. The molecule has 130 valence electrons. The van der Waals surface area contributed by atoms with Crippen LogP contribution in [0.3, 0.4) is 0 Å². The van der Waals surface area contributed by atoms with Crippen LogP contribution in [-0.2, 0) is 0 Å². The molecule has 0 aliphatic heterocycles. The van der Waals surface area contributed by atoms with Crippen molar-refractivity contribution in [1.82, 2.24) is 5.32 Å². The first-order chi connectivity index (χ1) is 11.6. The van der Waals surface area contributed by atoms with Gasteiger partial charge in [-0.3, -0.25) is 0 Å². The maximum absolute atomic E-state index is 5.67. The Bertz CT molecular complexity index is 589. The highest BCUT2D eigenvalue weighted by atomic mass is 32.1. The fourth-order valence-electron chi connectivity index (χ4n) is 6.32. The minimum absolute atomic E-state index is 0.501. The SMILES string of the molecule is CCC(NC(=S)Nc1ccccc1C)C12CC3CC(CC(C3)C1)C2. The van der Waals surface area contributed by atoms with Gasteiger partial charge in [-0.25, -0.2) is 0 Å². The first kappa shape index (κ1) is 16.4. The summed E-state index contributed by atoms with van der Waals surface area (Å²) in [4.78, 5) is 0. The van der Waals surface area contributed by atoms with Crippen LogP contribution in [0, 0.1) is 30.1 Å². The van der Waals surface area contributed by atoms with E-state index in [1.807, 2.05) is 0 Å². The van der Waals surface area contributed by atoms with E-state index in [9.17, 15) is 0 Å². The Kier molecular flexibility index (Phi) is 4.32. The second-order valence-corrected chi connectivity index (χ2v) is 9.06. The van der Waals surface area contributed by atoms with Crippen LogP contribution in [0.1, 0.15) is 57.4 Å². The van der Waals surface area contributed by atoms with Gasteiger partial charge in [-0.15, -0.1) is 0 Å². The average Bonchev–Trinajstić information content (AvgIpc) is 2.53. The molecule has 1 atom stereocenters. The molecule has 0 heterocycles. The highest BCUT2D eigenvalue weighted by molar-refractivity contribution is 7.80. The summed E-state index contributed by atoms with van der Waals surface area (Å²) in [6.07, 6.45) is 9.96. The van der Waals surface area contributed by atoms with Gasteiger partial charge in [0.2, 0.25) is 0 Å². The molecular formula is C21H30N2S. The molecule has 4 aliphatic carbocycles. The molecule has 3 heteroatoms. The Morgan fingerprint density at radius 2 is 1.71 bits per heavy atom. The van der Waals surface area contributed by atoms with Crippen LogP contribution in [0.25, 0.3) is 0 Å². The lowest BCUT2D eigenvalue weighted by atomic mass is 9.47. The molecule has 4 fully saturated rings. The summed E-state index contributed by atoms with van der Waals surface area (Å²) in [6, 6.07) is 8.89. The van der Waals surface area contributed by atoms with Gasteiger partial charge in [0.05, 0.1) is 0 Å². The molecule has 0 amide bonds. The summed E-state index contributed by atoms with van der Waals surface area (Å²) >= 11 is 5.67. The Hall–Kier alpha value is -1.09. The molecule has 0 aromatic heterocycles. The lowest BCUT2D eigenvalue weighted by molar-refractivity contribution is -0.0709. The maximum Gasteiger partial charge on any atom is 0.171 e. The second kappa shape index (κ2) is 6.33. The molecule has 1 aromatic carbocycles. The minimum Gasteiger partial charge on any atom is -0.359 e. The largest absolute Gasteiger partial charge is 0.359 e. The number of thiocarbonyl (C=S) groups is 1. The highest BCUT2D eigenvalue weighted by Gasteiger charge is 2.53. The number of nitrogens with one attached hydrogen (secondary N) is 2. The van der Waals surface area contributed by atoms with Crippen molar-refractivity contribution in [3.63, 3.8) is 0 Å². The zero-order chi connectivity index (χ0) is 16.7. The van der Waals surface area contributed by atoms with Gasteiger partial charge in [-0.05, 0) is 98.9 Å². The van der Waals surface area contributed by atoms with Crippen LogP contribution >= 0.6 is 12.2 Å². The molecule has 4 aliphatic rings. The quantitative estimate of drug-likeness (QED) is 0.728. The van der Waals surface area contributed by atoms with E-state index in [0.29, 0.717) is 11.5 Å². The van der Waals surface area contributed by atoms with E-state index >= 15 is 0 Å². The van der Waals surface area contributed by atoms with E-state index < -0.39 is 0 Å². The van der Waals surface area contributed by atoms with E-state index in [2.05, 4.69) is 48.7 Å². The maximum atomic E-state index is 5.67.